The minimum absolute atomic E-state index is 0.164. The monoisotopic (exact) mass is 1040 g/mol. The van der Waals surface area contributed by atoms with Gasteiger partial charge in [-0.15, -0.1) is 0 Å². The lowest BCUT2D eigenvalue weighted by molar-refractivity contribution is -0.870. The Bertz CT molecular complexity index is 1830. The Balaban J connectivity index is 4.43. The number of nitrogens with zero attached hydrogens (tertiary/aromatic N) is 1. The number of aliphatic carboxylic acids is 1. The van der Waals surface area contributed by atoms with E-state index in [1.165, 1.54) is 0 Å². The van der Waals surface area contributed by atoms with Gasteiger partial charge in [0.2, 0.25) is 0 Å². The summed E-state index contributed by atoms with van der Waals surface area (Å²) in [6.45, 7) is 4.52. The van der Waals surface area contributed by atoms with E-state index >= 15 is 0 Å². The van der Waals surface area contributed by atoms with Crippen LogP contribution < -0.4 is 0 Å². The average Bonchev–Trinajstić information content (AvgIpc) is 3.38. The summed E-state index contributed by atoms with van der Waals surface area (Å²) in [5.74, 6) is -2.13. The molecule has 1 N–H and O–H groups in total. The number of carbonyl (C=O) groups is 3. The Morgan fingerprint density at radius 1 is 0.400 bits per heavy atom. The number of allylic oxidation sites excluding steroid dienone is 28. The van der Waals surface area contributed by atoms with Crippen molar-refractivity contribution >= 4 is 17.9 Å². The van der Waals surface area contributed by atoms with Gasteiger partial charge in [0.25, 0.3) is 6.29 Å². The quantitative estimate of drug-likeness (QED) is 0.0211. The molecule has 0 heterocycles. The van der Waals surface area contributed by atoms with E-state index in [1.807, 2.05) is 21.1 Å². The van der Waals surface area contributed by atoms with E-state index in [2.05, 4.69) is 184 Å². The summed E-state index contributed by atoms with van der Waals surface area (Å²) in [5, 5.41) is 9.69. The number of ether oxygens (including phenoxy) is 4. The van der Waals surface area contributed by atoms with Crippen LogP contribution in [0.25, 0.3) is 0 Å². The predicted octanol–water partition coefficient (Wildman–Crippen LogP) is 16.8. The standard InChI is InChI=1S/C66H101NO8/c1-6-8-10-12-14-16-18-20-22-24-25-26-27-28-29-30-31-32-33-34-35-36-37-38-39-41-43-45-47-49-51-53-55-57-64(69)75-62(61-74-66(65(70)71)72-59-58-67(3,4)5)60-73-63(68)56-54-52-50-48-46-44-42-40-23-21-19-17-15-13-11-9-7-2/h8-11,14-17,20-23,25-26,28-29,31-32,34-35,37-38,41-44,47,49,62,66H,6-7,12-13,18-19,24,27,30,33,36,39-40,45-46,48,50-61H2,1-5H3/p+1/b10-8-,11-9-,16-14-,17-15-,22-20-,23-21-,26-25-,29-28-,32-31-,35-34-,38-37-,43-41-,44-42-,49-47-. The van der Waals surface area contributed by atoms with E-state index < -0.39 is 30.3 Å². The number of esters is 2. The van der Waals surface area contributed by atoms with Crippen molar-refractivity contribution in [2.75, 3.05) is 47.5 Å². The predicted molar refractivity (Wildman–Crippen MR) is 317 cm³/mol. The molecule has 0 amide bonds. The van der Waals surface area contributed by atoms with Crippen molar-refractivity contribution in [1.82, 2.24) is 0 Å². The third kappa shape index (κ3) is 56.2. The minimum Gasteiger partial charge on any atom is -0.477 e. The lowest BCUT2D eigenvalue weighted by Crippen LogP contribution is -2.40. The van der Waals surface area contributed by atoms with E-state index in [4.69, 9.17) is 18.9 Å². The fourth-order valence-electron chi connectivity index (χ4n) is 6.68. The highest BCUT2D eigenvalue weighted by molar-refractivity contribution is 5.71. The van der Waals surface area contributed by atoms with Gasteiger partial charge in [-0.3, -0.25) is 9.59 Å². The van der Waals surface area contributed by atoms with Crippen LogP contribution in [0, 0.1) is 0 Å². The third-order valence-corrected chi connectivity index (χ3v) is 11.0. The lowest BCUT2D eigenvalue weighted by atomic mass is 10.1. The van der Waals surface area contributed by atoms with Crippen molar-refractivity contribution in [2.45, 2.75) is 180 Å². The van der Waals surface area contributed by atoms with Gasteiger partial charge in [0.05, 0.1) is 34.4 Å². The molecule has 0 aromatic rings. The zero-order valence-corrected chi connectivity index (χ0v) is 47.4. The first-order valence-electron chi connectivity index (χ1n) is 28.3. The van der Waals surface area contributed by atoms with Gasteiger partial charge in [-0.1, -0.05) is 197 Å². The second-order valence-electron chi connectivity index (χ2n) is 19.1. The number of unbranched alkanes of at least 4 members (excludes halogenated alkanes) is 6. The third-order valence-electron chi connectivity index (χ3n) is 11.0. The first-order valence-corrected chi connectivity index (χ1v) is 28.3. The molecule has 0 bridgehead atoms. The number of hydrogen-bond donors (Lipinski definition) is 1. The molecule has 0 rings (SSSR count). The summed E-state index contributed by atoms with van der Waals surface area (Å²) >= 11 is 0. The molecule has 2 atom stereocenters. The molecular weight excluding hydrogens is 935 g/mol. The zero-order chi connectivity index (χ0) is 54.8. The molecule has 2 unspecified atom stereocenters. The summed E-state index contributed by atoms with van der Waals surface area (Å²) in [4.78, 5) is 37.3. The molecule has 0 fully saturated rings. The maximum atomic E-state index is 12.8. The first kappa shape index (κ1) is 69.7. The van der Waals surface area contributed by atoms with Crippen molar-refractivity contribution in [3.05, 3.63) is 170 Å². The van der Waals surface area contributed by atoms with Gasteiger partial charge in [-0.2, -0.15) is 0 Å². The highest BCUT2D eigenvalue weighted by Gasteiger charge is 2.25. The molecule has 418 valence electrons. The smallest absolute Gasteiger partial charge is 0.361 e. The second-order valence-corrected chi connectivity index (χ2v) is 19.1. The van der Waals surface area contributed by atoms with Crippen LogP contribution in [0.1, 0.15) is 168 Å². The van der Waals surface area contributed by atoms with Crippen molar-refractivity contribution in [2.24, 2.45) is 0 Å². The zero-order valence-electron chi connectivity index (χ0n) is 47.4. The van der Waals surface area contributed by atoms with Gasteiger partial charge in [0.1, 0.15) is 13.2 Å². The van der Waals surface area contributed by atoms with Crippen molar-refractivity contribution in [3.63, 3.8) is 0 Å². The van der Waals surface area contributed by atoms with Gasteiger partial charge in [-0.05, 0) is 128 Å². The molecular formula is C66H102NO8+. The topological polar surface area (TPSA) is 108 Å². The molecule has 0 radical (unpaired) electrons. The van der Waals surface area contributed by atoms with Gasteiger partial charge in [-0.25, -0.2) is 4.79 Å². The van der Waals surface area contributed by atoms with Gasteiger partial charge in [0.15, 0.2) is 6.10 Å². The molecule has 0 aliphatic carbocycles. The lowest BCUT2D eigenvalue weighted by Gasteiger charge is -2.25. The van der Waals surface area contributed by atoms with Crippen LogP contribution in [0.2, 0.25) is 0 Å². The summed E-state index contributed by atoms with van der Waals surface area (Å²) in [7, 11) is 5.92. The molecule has 0 aliphatic rings. The Morgan fingerprint density at radius 2 is 0.720 bits per heavy atom. The van der Waals surface area contributed by atoms with E-state index in [9.17, 15) is 19.5 Å². The molecule has 0 aliphatic heterocycles. The summed E-state index contributed by atoms with van der Waals surface area (Å²) < 4.78 is 22.7. The molecule has 0 saturated heterocycles. The van der Waals surface area contributed by atoms with Crippen molar-refractivity contribution in [3.8, 4) is 0 Å². The van der Waals surface area contributed by atoms with Crippen LogP contribution in [-0.4, -0.2) is 87.4 Å². The Kier molecular flexibility index (Phi) is 51.0. The Hall–Kier alpha value is -5.35. The van der Waals surface area contributed by atoms with E-state index in [1.54, 1.807) is 0 Å². The number of carbonyl (C=O) groups excluding carboxylic acids is 2. The fourth-order valence-corrected chi connectivity index (χ4v) is 6.68. The van der Waals surface area contributed by atoms with Crippen molar-refractivity contribution < 1.29 is 42.9 Å². The SMILES string of the molecule is CC/C=C\C/C=C\C/C=C\C/C=C\C/C=C\C/C=C\C/C=C\C/C=C\C/C=C\C/C=C\CCCCC(=O)OC(COC(=O)CCCCCC/C=C\C/C=C\C/C=C\C/C=C\CC)COC(OCC[N+](C)(C)C)C(=O)O. The fraction of sp³-hybridized carbons (Fsp3) is 0.530. The number of hydrogen-bond acceptors (Lipinski definition) is 7. The van der Waals surface area contributed by atoms with Gasteiger partial charge >= 0.3 is 17.9 Å². The number of quaternary nitrogens is 1. The van der Waals surface area contributed by atoms with Crippen LogP contribution in [0.15, 0.2) is 170 Å². The summed E-state index contributed by atoms with van der Waals surface area (Å²) in [6, 6.07) is 0. The number of carboxylic acids is 1. The summed E-state index contributed by atoms with van der Waals surface area (Å²) in [6.07, 6.45) is 80.1. The highest BCUT2D eigenvalue weighted by atomic mass is 16.7. The normalized spacial score (nSPS) is 14.1. The van der Waals surface area contributed by atoms with Crippen LogP contribution in [-0.2, 0) is 33.3 Å². The van der Waals surface area contributed by atoms with E-state index in [0.29, 0.717) is 23.9 Å². The molecule has 0 aromatic carbocycles. The maximum absolute atomic E-state index is 12.8. The Morgan fingerprint density at radius 3 is 1.08 bits per heavy atom. The first-order chi connectivity index (χ1) is 36.6. The van der Waals surface area contributed by atoms with Crippen LogP contribution in [0.5, 0.6) is 0 Å². The molecule has 75 heavy (non-hydrogen) atoms. The van der Waals surface area contributed by atoms with Gasteiger partial charge < -0.3 is 28.5 Å². The second kappa shape index (κ2) is 54.9. The Labute approximate surface area is 457 Å². The highest BCUT2D eigenvalue weighted by Crippen LogP contribution is 2.11. The van der Waals surface area contributed by atoms with E-state index in [-0.39, 0.29) is 32.7 Å². The average molecular weight is 1040 g/mol. The number of carboxylic acid groups (broad SMARTS) is 1. The van der Waals surface area contributed by atoms with Gasteiger partial charge in [0, 0.05) is 12.8 Å². The summed E-state index contributed by atoms with van der Waals surface area (Å²) in [5.41, 5.74) is 0. The van der Waals surface area contributed by atoms with Crippen LogP contribution in [0.4, 0.5) is 0 Å². The number of likely N-dealkylation sites (N-methyl/N-ethyl adjacent to an activating group) is 1. The molecule has 9 nitrogen and oxygen atoms in total. The molecule has 0 saturated carbocycles. The van der Waals surface area contributed by atoms with Crippen LogP contribution >= 0.6 is 0 Å². The van der Waals surface area contributed by atoms with Crippen molar-refractivity contribution in [1.29, 1.82) is 0 Å². The number of rotatable bonds is 49. The molecule has 0 aromatic heterocycles. The van der Waals surface area contributed by atoms with E-state index in [0.717, 1.165) is 128 Å². The molecule has 9 heteroatoms. The maximum Gasteiger partial charge on any atom is 0.361 e. The molecule has 0 spiro atoms. The largest absolute Gasteiger partial charge is 0.477 e. The minimum atomic E-state index is -1.54. The van der Waals surface area contributed by atoms with Crippen LogP contribution in [0.3, 0.4) is 0 Å².